The second kappa shape index (κ2) is 3.63. The molecule has 0 aliphatic carbocycles. The van der Waals surface area contributed by atoms with E-state index in [1.54, 1.807) is 29.2 Å². The van der Waals surface area contributed by atoms with Crippen LogP contribution in [0.3, 0.4) is 0 Å². The summed E-state index contributed by atoms with van der Waals surface area (Å²) in [4.78, 5) is 15.8. The first-order valence-electron chi connectivity index (χ1n) is 5.11. The molecule has 2 rings (SSSR count). The number of imidazole rings is 1. The molecule has 0 aliphatic heterocycles. The summed E-state index contributed by atoms with van der Waals surface area (Å²) in [7, 11) is 0. The van der Waals surface area contributed by atoms with E-state index in [0.717, 1.165) is 5.52 Å². The number of ether oxygens (including phenoxy) is 1. The summed E-state index contributed by atoms with van der Waals surface area (Å²) in [6.07, 6.45) is 5.11. The van der Waals surface area contributed by atoms with Gasteiger partial charge in [-0.15, -0.1) is 0 Å². The van der Waals surface area contributed by atoms with E-state index >= 15 is 0 Å². The van der Waals surface area contributed by atoms with Crippen molar-refractivity contribution in [2.75, 3.05) is 0 Å². The normalized spacial score (nSPS) is 11.7. The fourth-order valence-corrected chi connectivity index (χ4v) is 1.38. The Labute approximate surface area is 93.9 Å². The smallest absolute Gasteiger partial charge is 0.340 e. The lowest BCUT2D eigenvalue weighted by Gasteiger charge is -2.19. The molecule has 0 atom stereocenters. The number of hydrogen-bond donors (Lipinski definition) is 0. The third kappa shape index (κ3) is 2.21. The molecular weight excluding hydrogens is 204 g/mol. The summed E-state index contributed by atoms with van der Waals surface area (Å²) in [6, 6.07) is 3.58. The monoisotopic (exact) mass is 218 g/mol. The first-order valence-corrected chi connectivity index (χ1v) is 5.11. The van der Waals surface area contributed by atoms with Crippen LogP contribution in [0.25, 0.3) is 5.52 Å². The zero-order valence-electron chi connectivity index (χ0n) is 9.60. The minimum Gasteiger partial charge on any atom is -0.456 e. The summed E-state index contributed by atoms with van der Waals surface area (Å²) in [5.74, 6) is -0.317. The van der Waals surface area contributed by atoms with Gasteiger partial charge in [-0.1, -0.05) is 0 Å². The maximum absolute atomic E-state index is 11.8. The molecule has 0 amide bonds. The first-order chi connectivity index (χ1) is 7.46. The number of carbonyl (C=O) groups excluding carboxylic acids is 1. The zero-order valence-corrected chi connectivity index (χ0v) is 9.60. The van der Waals surface area contributed by atoms with Crippen molar-refractivity contribution < 1.29 is 9.53 Å². The lowest BCUT2D eigenvalue weighted by atomic mass is 10.2. The summed E-state index contributed by atoms with van der Waals surface area (Å²) in [5, 5.41) is 0. The Hall–Kier alpha value is -1.84. The van der Waals surface area contributed by atoms with Crippen molar-refractivity contribution in [3.63, 3.8) is 0 Å². The molecule has 0 N–H and O–H groups in total. The van der Waals surface area contributed by atoms with Crippen LogP contribution in [0, 0.1) is 0 Å². The minimum absolute atomic E-state index is 0.317. The predicted octanol–water partition coefficient (Wildman–Crippen LogP) is 2.29. The number of pyridine rings is 1. The Morgan fingerprint density at radius 1 is 1.38 bits per heavy atom. The van der Waals surface area contributed by atoms with Gasteiger partial charge < -0.3 is 9.14 Å². The maximum Gasteiger partial charge on any atom is 0.340 e. The molecule has 84 valence electrons. The molecule has 0 spiro atoms. The molecule has 16 heavy (non-hydrogen) atoms. The Kier molecular flexibility index (Phi) is 2.42. The van der Waals surface area contributed by atoms with Crippen LogP contribution < -0.4 is 0 Å². The average Bonchev–Trinajstić information content (AvgIpc) is 2.61. The largest absolute Gasteiger partial charge is 0.456 e. The molecule has 0 aliphatic rings. The van der Waals surface area contributed by atoms with Gasteiger partial charge >= 0.3 is 5.97 Å². The Balaban J connectivity index is 2.29. The molecule has 0 bridgehead atoms. The van der Waals surface area contributed by atoms with Gasteiger partial charge in [-0.3, -0.25) is 0 Å². The van der Waals surface area contributed by atoms with Gasteiger partial charge in [0.15, 0.2) is 0 Å². The Morgan fingerprint density at radius 2 is 2.12 bits per heavy atom. The van der Waals surface area contributed by atoms with Gasteiger partial charge in [-0.2, -0.15) is 0 Å². The van der Waals surface area contributed by atoms with Gasteiger partial charge in [-0.05, 0) is 32.9 Å². The van der Waals surface area contributed by atoms with Crippen molar-refractivity contribution in [3.8, 4) is 0 Å². The van der Waals surface area contributed by atoms with Gasteiger partial charge in [0.2, 0.25) is 0 Å². The number of esters is 1. The van der Waals surface area contributed by atoms with Crippen molar-refractivity contribution in [2.24, 2.45) is 0 Å². The molecular formula is C12H14N2O2. The Bertz CT molecular complexity index is 523. The number of fused-ring (bicyclic) bond motifs is 1. The van der Waals surface area contributed by atoms with Gasteiger partial charge in [0.05, 0.1) is 23.6 Å². The van der Waals surface area contributed by atoms with E-state index in [1.807, 2.05) is 26.8 Å². The molecule has 0 aromatic carbocycles. The van der Waals surface area contributed by atoms with Crippen LogP contribution in [-0.4, -0.2) is 21.0 Å². The van der Waals surface area contributed by atoms with Crippen LogP contribution in [0.4, 0.5) is 0 Å². The summed E-state index contributed by atoms with van der Waals surface area (Å²) < 4.78 is 7.07. The molecule has 4 nitrogen and oxygen atoms in total. The van der Waals surface area contributed by atoms with Crippen LogP contribution in [0.5, 0.6) is 0 Å². The van der Waals surface area contributed by atoms with E-state index in [2.05, 4.69) is 4.98 Å². The zero-order chi connectivity index (χ0) is 11.8. The molecule has 2 heterocycles. The third-order valence-corrected chi connectivity index (χ3v) is 2.04. The predicted molar refractivity (Wildman–Crippen MR) is 60.4 cm³/mol. The standard InChI is InChI=1S/C12H14N2O2/c1-12(2,3)16-11(15)9-4-5-10-6-13-8-14(10)7-9/h4-8H,1-3H3. The van der Waals surface area contributed by atoms with Crippen molar-refractivity contribution in [1.82, 2.24) is 9.38 Å². The molecule has 0 fully saturated rings. The highest BCUT2D eigenvalue weighted by molar-refractivity contribution is 5.89. The highest BCUT2D eigenvalue weighted by Gasteiger charge is 2.17. The molecule has 0 radical (unpaired) electrons. The molecule has 2 aromatic rings. The number of nitrogens with zero attached hydrogens (tertiary/aromatic N) is 2. The van der Waals surface area contributed by atoms with Gasteiger partial charge in [-0.25, -0.2) is 9.78 Å². The highest BCUT2D eigenvalue weighted by Crippen LogP contribution is 2.13. The van der Waals surface area contributed by atoms with Crippen LogP contribution in [-0.2, 0) is 4.74 Å². The highest BCUT2D eigenvalue weighted by atomic mass is 16.6. The van der Waals surface area contributed by atoms with Gasteiger partial charge in [0.25, 0.3) is 0 Å². The van der Waals surface area contributed by atoms with E-state index in [0.29, 0.717) is 5.56 Å². The number of carbonyl (C=O) groups is 1. The SMILES string of the molecule is CC(C)(C)OC(=O)c1ccc2cncn2c1. The van der Waals surface area contributed by atoms with E-state index in [9.17, 15) is 4.79 Å². The molecule has 0 saturated heterocycles. The van der Waals surface area contributed by atoms with Crippen LogP contribution in [0.1, 0.15) is 31.1 Å². The Morgan fingerprint density at radius 3 is 2.81 bits per heavy atom. The molecule has 0 saturated carbocycles. The third-order valence-electron chi connectivity index (χ3n) is 2.04. The van der Waals surface area contributed by atoms with Crippen molar-refractivity contribution in [2.45, 2.75) is 26.4 Å². The molecule has 4 heteroatoms. The fourth-order valence-electron chi connectivity index (χ4n) is 1.38. The lowest BCUT2D eigenvalue weighted by molar-refractivity contribution is 0.00690. The van der Waals surface area contributed by atoms with Crippen LogP contribution >= 0.6 is 0 Å². The lowest BCUT2D eigenvalue weighted by Crippen LogP contribution is -2.24. The van der Waals surface area contributed by atoms with E-state index in [1.165, 1.54) is 0 Å². The van der Waals surface area contributed by atoms with Gasteiger partial charge in [0.1, 0.15) is 5.60 Å². The first kappa shape index (κ1) is 10.7. The van der Waals surface area contributed by atoms with Crippen LogP contribution in [0.15, 0.2) is 30.9 Å². The number of rotatable bonds is 1. The van der Waals surface area contributed by atoms with Crippen LogP contribution in [0.2, 0.25) is 0 Å². The molecule has 0 unspecified atom stereocenters. The maximum atomic E-state index is 11.8. The second-order valence-corrected chi connectivity index (χ2v) is 4.65. The number of aromatic nitrogens is 2. The summed E-state index contributed by atoms with van der Waals surface area (Å²) in [6.45, 7) is 5.54. The van der Waals surface area contributed by atoms with E-state index in [4.69, 9.17) is 4.74 Å². The second-order valence-electron chi connectivity index (χ2n) is 4.65. The van der Waals surface area contributed by atoms with Crippen molar-refractivity contribution >= 4 is 11.5 Å². The van der Waals surface area contributed by atoms with Crippen molar-refractivity contribution in [3.05, 3.63) is 36.4 Å². The van der Waals surface area contributed by atoms with Crippen molar-refractivity contribution in [1.29, 1.82) is 0 Å². The minimum atomic E-state index is -0.471. The summed E-state index contributed by atoms with van der Waals surface area (Å²) >= 11 is 0. The van der Waals surface area contributed by atoms with E-state index in [-0.39, 0.29) is 5.97 Å². The molecule has 2 aromatic heterocycles. The van der Waals surface area contributed by atoms with E-state index < -0.39 is 5.60 Å². The quantitative estimate of drug-likeness (QED) is 0.690. The average molecular weight is 218 g/mol. The fraction of sp³-hybridized carbons (Fsp3) is 0.333. The number of hydrogen-bond acceptors (Lipinski definition) is 3. The summed E-state index contributed by atoms with van der Waals surface area (Å²) in [5.41, 5.74) is 1.01. The van der Waals surface area contributed by atoms with Gasteiger partial charge in [0, 0.05) is 6.20 Å². The topological polar surface area (TPSA) is 43.6 Å².